The zero-order chi connectivity index (χ0) is 23.8. The number of hydrogen-bond acceptors (Lipinski definition) is 7. The van der Waals surface area contributed by atoms with Crippen LogP contribution in [-0.4, -0.2) is 50.8 Å². The maximum absolute atomic E-state index is 13.4. The van der Waals surface area contributed by atoms with Crippen molar-refractivity contribution in [3.05, 3.63) is 44.7 Å². The molecule has 33 heavy (non-hydrogen) atoms. The van der Waals surface area contributed by atoms with Crippen LogP contribution in [0.3, 0.4) is 0 Å². The van der Waals surface area contributed by atoms with Gasteiger partial charge in [-0.25, -0.2) is 4.98 Å². The van der Waals surface area contributed by atoms with Crippen LogP contribution in [0.4, 0.5) is 5.82 Å². The molecule has 2 aromatic rings. The Balaban J connectivity index is 1.92. The zero-order valence-electron chi connectivity index (χ0n) is 19.6. The third kappa shape index (κ3) is 6.22. The number of thiocarbonyl (C=S) groups is 1. The quantitative estimate of drug-likeness (QED) is 0.265. The lowest BCUT2D eigenvalue weighted by molar-refractivity contribution is -0.122. The maximum atomic E-state index is 13.4. The molecular weight excluding hydrogens is 456 g/mol. The van der Waals surface area contributed by atoms with E-state index in [1.807, 2.05) is 26.0 Å². The number of thioether (sulfide) groups is 1. The van der Waals surface area contributed by atoms with Gasteiger partial charge in [0.2, 0.25) is 0 Å². The number of aryl methyl sites for hydroxylation is 1. The van der Waals surface area contributed by atoms with Crippen molar-refractivity contribution in [2.75, 3.05) is 31.6 Å². The van der Waals surface area contributed by atoms with Crippen molar-refractivity contribution in [2.24, 2.45) is 0 Å². The predicted molar refractivity (Wildman–Crippen MR) is 140 cm³/mol. The number of carbonyl (C=O) groups is 1. The fourth-order valence-corrected chi connectivity index (χ4v) is 4.91. The fraction of sp³-hybridized carbons (Fsp3) is 0.500. The number of amides is 1. The molecule has 178 valence electrons. The van der Waals surface area contributed by atoms with Gasteiger partial charge in [0.1, 0.15) is 15.8 Å². The average Bonchev–Trinajstić information content (AvgIpc) is 3.06. The summed E-state index contributed by atoms with van der Waals surface area (Å²) in [6, 6.07) is 3.74. The molecular formula is C24H32N4O3S2. The lowest BCUT2D eigenvalue weighted by Gasteiger charge is -2.14. The molecule has 1 N–H and O–H groups in total. The highest BCUT2D eigenvalue weighted by Gasteiger charge is 2.32. The molecule has 0 spiro atoms. The number of ether oxygens (including phenoxy) is 1. The van der Waals surface area contributed by atoms with Crippen molar-refractivity contribution >= 4 is 51.7 Å². The van der Waals surface area contributed by atoms with Gasteiger partial charge in [0, 0.05) is 32.5 Å². The first kappa shape index (κ1) is 25.4. The summed E-state index contributed by atoms with van der Waals surface area (Å²) in [5.74, 6) is 0.330. The minimum atomic E-state index is -0.218. The van der Waals surface area contributed by atoms with Crippen molar-refractivity contribution in [3.8, 4) is 0 Å². The van der Waals surface area contributed by atoms with E-state index in [0.717, 1.165) is 37.7 Å². The smallest absolute Gasteiger partial charge is 0.267 e. The molecule has 0 unspecified atom stereocenters. The van der Waals surface area contributed by atoms with Crippen molar-refractivity contribution in [3.63, 3.8) is 0 Å². The Kier molecular flexibility index (Phi) is 9.46. The fourth-order valence-electron chi connectivity index (χ4n) is 3.62. The van der Waals surface area contributed by atoms with E-state index in [1.165, 1.54) is 16.2 Å². The SMILES string of the molecule is CCCCCCN1C(=O)C(=Cc2c(NCCCOCC)nc3c(C)cccn3c2=O)SC1=S. The van der Waals surface area contributed by atoms with E-state index in [0.29, 0.717) is 52.6 Å². The highest BCUT2D eigenvalue weighted by atomic mass is 32.2. The first-order chi connectivity index (χ1) is 16.0. The van der Waals surface area contributed by atoms with Crippen LogP contribution < -0.4 is 10.9 Å². The summed E-state index contributed by atoms with van der Waals surface area (Å²) in [7, 11) is 0. The molecule has 0 saturated carbocycles. The standard InChI is InChI=1S/C24H32N4O3S2/c1-4-6-7-8-13-28-23(30)19(33-24(28)32)16-18-20(25-12-10-15-31-5-2)26-21-17(3)11-9-14-27(21)22(18)29/h9,11,14,16,25H,4-8,10,12-13,15H2,1-3H3. The second-order valence-corrected chi connectivity index (χ2v) is 9.61. The normalized spacial score (nSPS) is 15.2. The third-order valence-corrected chi connectivity index (χ3v) is 6.81. The molecule has 1 amide bonds. The Bertz CT molecular complexity index is 1100. The van der Waals surface area contributed by atoms with Crippen LogP contribution in [0.15, 0.2) is 28.0 Å². The van der Waals surface area contributed by atoms with Crippen molar-refractivity contribution in [2.45, 2.75) is 52.9 Å². The first-order valence-corrected chi connectivity index (χ1v) is 12.8. The average molecular weight is 489 g/mol. The molecule has 0 atom stereocenters. The van der Waals surface area contributed by atoms with Crippen molar-refractivity contribution in [1.82, 2.24) is 14.3 Å². The molecule has 1 aliphatic rings. The monoisotopic (exact) mass is 488 g/mol. The van der Waals surface area contributed by atoms with E-state index < -0.39 is 0 Å². The molecule has 2 aromatic heterocycles. The molecule has 0 aromatic carbocycles. The summed E-state index contributed by atoms with van der Waals surface area (Å²) in [5, 5.41) is 3.28. The van der Waals surface area contributed by atoms with Crippen LogP contribution in [0.2, 0.25) is 0 Å². The number of unbranched alkanes of at least 4 members (excludes halogenated alkanes) is 3. The molecule has 0 aliphatic carbocycles. The molecule has 7 nitrogen and oxygen atoms in total. The van der Waals surface area contributed by atoms with Crippen LogP contribution in [0, 0.1) is 6.92 Å². The third-order valence-electron chi connectivity index (χ3n) is 5.43. The molecule has 0 bridgehead atoms. The van der Waals surface area contributed by atoms with Gasteiger partial charge in [-0.05, 0) is 44.4 Å². The maximum Gasteiger partial charge on any atom is 0.267 e. The molecule has 3 heterocycles. The van der Waals surface area contributed by atoms with Crippen LogP contribution in [0.5, 0.6) is 0 Å². The minimum Gasteiger partial charge on any atom is -0.382 e. The Morgan fingerprint density at radius 2 is 2.03 bits per heavy atom. The van der Waals surface area contributed by atoms with Gasteiger partial charge >= 0.3 is 0 Å². The van der Waals surface area contributed by atoms with Gasteiger partial charge in [0.15, 0.2) is 0 Å². The Labute approximate surface area is 204 Å². The number of anilines is 1. The molecule has 1 fully saturated rings. The second-order valence-electron chi connectivity index (χ2n) is 7.94. The van der Waals surface area contributed by atoms with Crippen LogP contribution >= 0.6 is 24.0 Å². The van der Waals surface area contributed by atoms with Gasteiger partial charge in [-0.3, -0.25) is 18.9 Å². The van der Waals surface area contributed by atoms with E-state index >= 15 is 0 Å². The van der Waals surface area contributed by atoms with Crippen molar-refractivity contribution < 1.29 is 9.53 Å². The highest BCUT2D eigenvalue weighted by molar-refractivity contribution is 8.26. The summed E-state index contributed by atoms with van der Waals surface area (Å²) in [4.78, 5) is 33.3. The van der Waals surface area contributed by atoms with Gasteiger partial charge in [0.05, 0.1) is 10.5 Å². The Hall–Kier alpha value is -2.23. The van der Waals surface area contributed by atoms with Gasteiger partial charge in [-0.2, -0.15) is 0 Å². The topological polar surface area (TPSA) is 75.9 Å². The van der Waals surface area contributed by atoms with Gasteiger partial charge < -0.3 is 10.1 Å². The Morgan fingerprint density at radius 1 is 1.21 bits per heavy atom. The van der Waals surface area contributed by atoms with Crippen LogP contribution in [0.25, 0.3) is 11.7 Å². The summed E-state index contributed by atoms with van der Waals surface area (Å²) in [5.41, 5.74) is 1.64. The number of fused-ring (bicyclic) bond motifs is 1. The predicted octanol–water partition coefficient (Wildman–Crippen LogP) is 4.62. The number of pyridine rings is 1. The lowest BCUT2D eigenvalue weighted by Crippen LogP contribution is -2.29. The van der Waals surface area contributed by atoms with Gasteiger partial charge in [-0.15, -0.1) is 0 Å². The lowest BCUT2D eigenvalue weighted by atomic mass is 10.2. The second kappa shape index (κ2) is 12.3. The number of carbonyl (C=O) groups excluding carboxylic acids is 1. The molecule has 1 saturated heterocycles. The van der Waals surface area contributed by atoms with Crippen LogP contribution in [-0.2, 0) is 9.53 Å². The number of hydrogen-bond donors (Lipinski definition) is 1. The van der Waals surface area contributed by atoms with Crippen LogP contribution in [0.1, 0.15) is 57.1 Å². The van der Waals surface area contributed by atoms with E-state index in [2.05, 4.69) is 12.2 Å². The van der Waals surface area contributed by atoms with Gasteiger partial charge in [0.25, 0.3) is 11.5 Å². The molecule has 3 rings (SSSR count). The molecule has 0 radical (unpaired) electrons. The minimum absolute atomic E-state index is 0.141. The number of nitrogens with zero attached hydrogens (tertiary/aromatic N) is 3. The summed E-state index contributed by atoms with van der Waals surface area (Å²) < 4.78 is 7.47. The van der Waals surface area contributed by atoms with E-state index in [4.69, 9.17) is 21.9 Å². The summed E-state index contributed by atoms with van der Waals surface area (Å²) in [6.45, 7) is 8.54. The number of nitrogens with one attached hydrogen (secondary N) is 1. The van der Waals surface area contributed by atoms with E-state index in [-0.39, 0.29) is 11.5 Å². The molecule has 1 aliphatic heterocycles. The number of aromatic nitrogens is 2. The first-order valence-electron chi connectivity index (χ1n) is 11.6. The number of rotatable bonds is 12. The Morgan fingerprint density at radius 3 is 2.79 bits per heavy atom. The van der Waals surface area contributed by atoms with E-state index in [9.17, 15) is 9.59 Å². The zero-order valence-corrected chi connectivity index (χ0v) is 21.2. The van der Waals surface area contributed by atoms with Gasteiger partial charge in [-0.1, -0.05) is 56.2 Å². The highest BCUT2D eigenvalue weighted by Crippen LogP contribution is 2.33. The largest absolute Gasteiger partial charge is 0.382 e. The molecule has 9 heteroatoms. The van der Waals surface area contributed by atoms with E-state index in [1.54, 1.807) is 17.2 Å². The van der Waals surface area contributed by atoms with Crippen molar-refractivity contribution in [1.29, 1.82) is 0 Å². The summed E-state index contributed by atoms with van der Waals surface area (Å²) >= 11 is 6.70. The summed E-state index contributed by atoms with van der Waals surface area (Å²) in [6.07, 6.45) is 8.38.